The first-order valence-electron chi connectivity index (χ1n) is 7.72. The molecule has 2 aromatic heterocycles. The minimum Gasteiger partial charge on any atom is -0.409 e. The third kappa shape index (κ3) is 3.02. The Labute approximate surface area is 144 Å². The highest BCUT2D eigenvalue weighted by Gasteiger charge is 2.27. The van der Waals surface area contributed by atoms with Gasteiger partial charge in [-0.05, 0) is 48.6 Å². The second kappa shape index (κ2) is 6.39. The standard InChI is InChI=1S/C17H17N3OS2/c22-17-20(18-16(21-17)13-6-2-1-3-7-13)12-19-10-4-8-14(19)15-9-5-11-23-15/h1-3,5-7,9,11,14H,4,8,10,12H2/t14-/m0/s1. The maximum Gasteiger partial charge on any atom is 0.288 e. The first kappa shape index (κ1) is 14.8. The third-order valence-electron chi connectivity index (χ3n) is 4.18. The maximum atomic E-state index is 5.68. The van der Waals surface area contributed by atoms with Crippen molar-refractivity contribution in [2.75, 3.05) is 6.54 Å². The average Bonchev–Trinajstić information content (AvgIpc) is 3.30. The van der Waals surface area contributed by atoms with E-state index >= 15 is 0 Å². The molecule has 0 N–H and O–H groups in total. The van der Waals surface area contributed by atoms with Crippen LogP contribution in [0.15, 0.2) is 52.3 Å². The van der Waals surface area contributed by atoms with E-state index in [1.54, 1.807) is 4.68 Å². The van der Waals surface area contributed by atoms with Crippen LogP contribution in [0.2, 0.25) is 0 Å². The molecule has 4 rings (SSSR count). The quantitative estimate of drug-likeness (QED) is 0.642. The highest BCUT2D eigenvalue weighted by Crippen LogP contribution is 2.34. The number of nitrogens with zero attached hydrogens (tertiary/aromatic N) is 3. The van der Waals surface area contributed by atoms with Gasteiger partial charge in [-0.15, -0.1) is 16.4 Å². The van der Waals surface area contributed by atoms with Crippen molar-refractivity contribution in [3.8, 4) is 11.5 Å². The van der Waals surface area contributed by atoms with Gasteiger partial charge >= 0.3 is 0 Å². The van der Waals surface area contributed by atoms with Crippen LogP contribution in [-0.2, 0) is 6.67 Å². The van der Waals surface area contributed by atoms with Gasteiger partial charge in [0.2, 0.25) is 5.89 Å². The van der Waals surface area contributed by atoms with Crippen molar-refractivity contribution >= 4 is 23.6 Å². The third-order valence-corrected chi connectivity index (χ3v) is 5.45. The van der Waals surface area contributed by atoms with Gasteiger partial charge in [0.25, 0.3) is 4.84 Å². The molecule has 0 radical (unpaired) electrons. The van der Waals surface area contributed by atoms with Crippen molar-refractivity contribution in [1.29, 1.82) is 0 Å². The molecule has 118 valence electrons. The van der Waals surface area contributed by atoms with E-state index in [4.69, 9.17) is 16.6 Å². The molecule has 1 fully saturated rings. The second-order valence-corrected chi connectivity index (χ2v) is 6.99. The summed E-state index contributed by atoms with van der Waals surface area (Å²) in [7, 11) is 0. The smallest absolute Gasteiger partial charge is 0.288 e. The number of hydrogen-bond donors (Lipinski definition) is 0. The van der Waals surface area contributed by atoms with E-state index in [1.807, 2.05) is 41.7 Å². The fourth-order valence-electron chi connectivity index (χ4n) is 3.06. The Morgan fingerprint density at radius 2 is 2.09 bits per heavy atom. The van der Waals surface area contributed by atoms with Crippen molar-refractivity contribution in [2.45, 2.75) is 25.6 Å². The van der Waals surface area contributed by atoms with Crippen molar-refractivity contribution < 1.29 is 4.42 Å². The van der Waals surface area contributed by atoms with E-state index in [2.05, 4.69) is 27.5 Å². The lowest BCUT2D eigenvalue weighted by Crippen LogP contribution is -2.26. The summed E-state index contributed by atoms with van der Waals surface area (Å²) in [5.74, 6) is 0.586. The van der Waals surface area contributed by atoms with E-state index in [0.717, 1.165) is 12.1 Å². The normalized spacial score (nSPS) is 18.5. The van der Waals surface area contributed by atoms with E-state index in [1.165, 1.54) is 17.7 Å². The van der Waals surface area contributed by atoms with Crippen LogP contribution in [0.4, 0.5) is 0 Å². The van der Waals surface area contributed by atoms with E-state index in [9.17, 15) is 0 Å². The molecule has 4 nitrogen and oxygen atoms in total. The Kier molecular flexibility index (Phi) is 4.11. The van der Waals surface area contributed by atoms with Crippen molar-refractivity contribution in [1.82, 2.24) is 14.7 Å². The lowest BCUT2D eigenvalue weighted by molar-refractivity contribution is 0.190. The van der Waals surface area contributed by atoms with Crippen LogP contribution >= 0.6 is 23.6 Å². The van der Waals surface area contributed by atoms with Gasteiger partial charge in [0.15, 0.2) is 0 Å². The lowest BCUT2D eigenvalue weighted by atomic mass is 10.2. The van der Waals surface area contributed by atoms with E-state index in [0.29, 0.717) is 23.4 Å². The summed E-state index contributed by atoms with van der Waals surface area (Å²) in [6, 6.07) is 14.7. The molecule has 1 saturated heterocycles. The SMILES string of the molecule is S=c1oc(-c2ccccc2)nn1CN1CCC[C@H]1c1cccs1. The number of aromatic nitrogens is 2. The zero-order valence-corrected chi connectivity index (χ0v) is 14.2. The first-order chi connectivity index (χ1) is 11.3. The summed E-state index contributed by atoms with van der Waals surface area (Å²) in [4.78, 5) is 4.28. The molecular formula is C17H17N3OS2. The van der Waals surface area contributed by atoms with Gasteiger partial charge in [0.05, 0.1) is 6.67 Å². The minimum atomic E-state index is 0.431. The van der Waals surface area contributed by atoms with Crippen LogP contribution in [0.3, 0.4) is 0 Å². The molecule has 0 unspecified atom stereocenters. The summed E-state index contributed by atoms with van der Waals surface area (Å²) < 4.78 is 7.47. The summed E-state index contributed by atoms with van der Waals surface area (Å²) in [5.41, 5.74) is 0.952. The summed E-state index contributed by atoms with van der Waals surface area (Å²) in [6.45, 7) is 1.75. The van der Waals surface area contributed by atoms with Crippen LogP contribution in [0.5, 0.6) is 0 Å². The molecule has 3 aromatic rings. The Balaban J connectivity index is 1.57. The topological polar surface area (TPSA) is 34.2 Å². The van der Waals surface area contributed by atoms with Crippen molar-refractivity contribution in [3.05, 3.63) is 57.6 Å². The molecule has 0 saturated carbocycles. The van der Waals surface area contributed by atoms with Gasteiger partial charge in [-0.1, -0.05) is 24.3 Å². The zero-order valence-electron chi connectivity index (χ0n) is 12.6. The average molecular weight is 343 g/mol. The molecule has 1 aliphatic rings. The Morgan fingerprint density at radius 1 is 1.22 bits per heavy atom. The largest absolute Gasteiger partial charge is 0.409 e. The maximum absolute atomic E-state index is 5.68. The lowest BCUT2D eigenvalue weighted by Gasteiger charge is -2.22. The number of hydrogen-bond acceptors (Lipinski definition) is 5. The van der Waals surface area contributed by atoms with Crippen LogP contribution < -0.4 is 0 Å². The van der Waals surface area contributed by atoms with Crippen LogP contribution in [0.25, 0.3) is 11.5 Å². The highest BCUT2D eigenvalue weighted by molar-refractivity contribution is 7.71. The van der Waals surface area contributed by atoms with Gasteiger partial charge < -0.3 is 4.42 Å². The van der Waals surface area contributed by atoms with Crippen molar-refractivity contribution in [3.63, 3.8) is 0 Å². The molecule has 23 heavy (non-hydrogen) atoms. The summed E-state index contributed by atoms with van der Waals surface area (Å²) in [6.07, 6.45) is 2.40. The number of rotatable bonds is 4. The molecule has 0 amide bonds. The van der Waals surface area contributed by atoms with Gasteiger partial charge in [-0.25, -0.2) is 4.68 Å². The van der Waals surface area contributed by atoms with E-state index in [-0.39, 0.29) is 0 Å². The van der Waals surface area contributed by atoms with Gasteiger partial charge in [-0.2, -0.15) is 0 Å². The minimum absolute atomic E-state index is 0.431. The molecule has 1 aliphatic heterocycles. The Bertz CT molecular complexity index is 823. The van der Waals surface area contributed by atoms with Gasteiger partial charge in [-0.3, -0.25) is 4.90 Å². The number of benzene rings is 1. The Morgan fingerprint density at radius 3 is 2.87 bits per heavy atom. The van der Waals surface area contributed by atoms with Crippen LogP contribution in [-0.4, -0.2) is 21.2 Å². The van der Waals surface area contributed by atoms with Crippen LogP contribution in [0.1, 0.15) is 23.8 Å². The molecule has 0 spiro atoms. The molecular weight excluding hydrogens is 326 g/mol. The molecule has 3 heterocycles. The summed E-state index contributed by atoms with van der Waals surface area (Å²) in [5, 5.41) is 6.71. The molecule has 0 aliphatic carbocycles. The molecule has 1 aromatic carbocycles. The predicted octanol–water partition coefficient (Wildman–Crippen LogP) is 4.73. The summed E-state index contributed by atoms with van der Waals surface area (Å²) >= 11 is 7.18. The fourth-order valence-corrected chi connectivity index (χ4v) is 4.14. The molecule has 0 bridgehead atoms. The first-order valence-corrected chi connectivity index (χ1v) is 9.01. The monoisotopic (exact) mass is 343 g/mol. The van der Waals surface area contributed by atoms with Crippen LogP contribution in [0, 0.1) is 4.84 Å². The van der Waals surface area contributed by atoms with Gasteiger partial charge in [0, 0.05) is 23.0 Å². The van der Waals surface area contributed by atoms with E-state index < -0.39 is 0 Å². The number of likely N-dealkylation sites (tertiary alicyclic amines) is 1. The number of thiophene rings is 1. The molecule has 1 atom stereocenters. The molecule has 6 heteroatoms. The van der Waals surface area contributed by atoms with Gasteiger partial charge in [0.1, 0.15) is 0 Å². The Hall–Kier alpha value is -1.76. The highest BCUT2D eigenvalue weighted by atomic mass is 32.1. The zero-order chi connectivity index (χ0) is 15.6. The van der Waals surface area contributed by atoms with Crippen molar-refractivity contribution in [2.24, 2.45) is 0 Å². The fraction of sp³-hybridized carbons (Fsp3) is 0.294. The predicted molar refractivity (Wildman–Crippen MR) is 93.8 cm³/mol. The second-order valence-electron chi connectivity index (χ2n) is 5.67.